The van der Waals surface area contributed by atoms with Crippen LogP contribution < -0.4 is 10.2 Å². The first kappa shape index (κ1) is 14.4. The third-order valence-corrected chi connectivity index (χ3v) is 3.09. The van der Waals surface area contributed by atoms with Gasteiger partial charge >= 0.3 is 0 Å². The van der Waals surface area contributed by atoms with Crippen molar-refractivity contribution in [2.45, 2.75) is 32.9 Å². The molecule has 2 aromatic rings. The predicted molar refractivity (Wildman–Crippen MR) is 83.1 cm³/mol. The zero-order valence-corrected chi connectivity index (χ0v) is 12.9. The summed E-state index contributed by atoms with van der Waals surface area (Å²) in [6.07, 6.45) is 1.99. The lowest BCUT2D eigenvalue weighted by atomic mass is 10.1. The van der Waals surface area contributed by atoms with Crippen LogP contribution in [0, 0.1) is 0 Å². The van der Waals surface area contributed by atoms with E-state index in [0.29, 0.717) is 6.54 Å². The first-order valence-electron chi connectivity index (χ1n) is 6.79. The third-order valence-electron chi connectivity index (χ3n) is 3.09. The van der Waals surface area contributed by atoms with Crippen LogP contribution >= 0.6 is 0 Å². The Bertz CT molecular complexity index is 548. The Morgan fingerprint density at radius 2 is 1.80 bits per heavy atom. The summed E-state index contributed by atoms with van der Waals surface area (Å²) < 4.78 is 1.89. The fraction of sp³-hybridized carbons (Fsp3) is 0.467. The summed E-state index contributed by atoms with van der Waals surface area (Å²) in [5, 5.41) is 11.7. The summed E-state index contributed by atoms with van der Waals surface area (Å²) in [4.78, 5) is 2.08. The van der Waals surface area contributed by atoms with E-state index in [4.69, 9.17) is 0 Å². The van der Waals surface area contributed by atoms with Gasteiger partial charge in [0.25, 0.3) is 0 Å². The standard InChI is InChI=1S/C15H23N5/c1-15(2,3)20-11-13(17-18-20)10-16-12-6-8-14(9-7-12)19(4)5/h6-9,11,16H,10H2,1-5H3. The maximum absolute atomic E-state index is 4.19. The van der Waals surface area contributed by atoms with Crippen LogP contribution in [-0.4, -0.2) is 29.1 Å². The van der Waals surface area contributed by atoms with E-state index in [-0.39, 0.29) is 5.54 Å². The van der Waals surface area contributed by atoms with Gasteiger partial charge in [-0.1, -0.05) is 5.21 Å². The van der Waals surface area contributed by atoms with Crippen molar-refractivity contribution in [1.82, 2.24) is 15.0 Å². The zero-order chi connectivity index (χ0) is 14.8. The molecule has 0 saturated carbocycles. The minimum absolute atomic E-state index is 0.0292. The molecule has 1 aromatic carbocycles. The van der Waals surface area contributed by atoms with Crippen LogP contribution in [-0.2, 0) is 12.1 Å². The summed E-state index contributed by atoms with van der Waals surface area (Å²) in [5.41, 5.74) is 3.19. The molecule has 0 saturated heterocycles. The molecule has 0 aliphatic heterocycles. The van der Waals surface area contributed by atoms with Crippen molar-refractivity contribution in [1.29, 1.82) is 0 Å². The SMILES string of the molecule is CN(C)c1ccc(NCc2cn(C(C)(C)C)nn2)cc1. The number of nitrogens with one attached hydrogen (secondary N) is 1. The van der Waals surface area contributed by atoms with Gasteiger partial charge in [0, 0.05) is 25.5 Å². The molecule has 0 atom stereocenters. The van der Waals surface area contributed by atoms with Gasteiger partial charge in [-0.05, 0) is 45.0 Å². The molecule has 0 amide bonds. The number of hydrogen-bond donors (Lipinski definition) is 1. The second-order valence-electron chi connectivity index (χ2n) is 6.12. The van der Waals surface area contributed by atoms with Crippen LogP contribution in [0.25, 0.3) is 0 Å². The molecule has 0 fully saturated rings. The zero-order valence-electron chi connectivity index (χ0n) is 12.9. The van der Waals surface area contributed by atoms with Gasteiger partial charge in [-0.3, -0.25) is 0 Å². The lowest BCUT2D eigenvalue weighted by Crippen LogP contribution is -2.22. The van der Waals surface area contributed by atoms with Crippen LogP contribution in [0.5, 0.6) is 0 Å². The molecule has 1 N–H and O–H groups in total. The molecule has 0 aliphatic rings. The minimum atomic E-state index is -0.0292. The monoisotopic (exact) mass is 273 g/mol. The van der Waals surface area contributed by atoms with E-state index in [1.807, 2.05) is 25.0 Å². The summed E-state index contributed by atoms with van der Waals surface area (Å²) >= 11 is 0. The highest BCUT2D eigenvalue weighted by Gasteiger charge is 2.14. The van der Waals surface area contributed by atoms with Crippen molar-refractivity contribution in [3.8, 4) is 0 Å². The summed E-state index contributed by atoms with van der Waals surface area (Å²) in [6.45, 7) is 7.01. The quantitative estimate of drug-likeness (QED) is 0.930. The third kappa shape index (κ3) is 3.50. The lowest BCUT2D eigenvalue weighted by Gasteiger charge is -2.17. The van der Waals surface area contributed by atoms with Gasteiger partial charge in [0.15, 0.2) is 0 Å². The van der Waals surface area contributed by atoms with E-state index in [2.05, 4.69) is 65.6 Å². The van der Waals surface area contributed by atoms with Gasteiger partial charge in [0.05, 0.1) is 18.3 Å². The summed E-state index contributed by atoms with van der Waals surface area (Å²) in [6, 6.07) is 8.33. The maximum Gasteiger partial charge on any atom is 0.102 e. The normalized spacial score (nSPS) is 11.4. The van der Waals surface area contributed by atoms with E-state index >= 15 is 0 Å². The highest BCUT2D eigenvalue weighted by atomic mass is 15.4. The molecule has 0 unspecified atom stereocenters. The first-order chi connectivity index (χ1) is 9.36. The molecule has 0 aliphatic carbocycles. The molecular weight excluding hydrogens is 250 g/mol. The molecule has 5 heteroatoms. The van der Waals surface area contributed by atoms with Crippen LogP contribution in [0.4, 0.5) is 11.4 Å². The van der Waals surface area contributed by atoms with Gasteiger partial charge in [-0.15, -0.1) is 5.10 Å². The van der Waals surface area contributed by atoms with E-state index in [9.17, 15) is 0 Å². The van der Waals surface area contributed by atoms with Crippen molar-refractivity contribution in [2.75, 3.05) is 24.3 Å². The molecule has 0 radical (unpaired) electrons. The van der Waals surface area contributed by atoms with Crippen molar-refractivity contribution < 1.29 is 0 Å². The Morgan fingerprint density at radius 3 is 2.30 bits per heavy atom. The topological polar surface area (TPSA) is 46.0 Å². The highest BCUT2D eigenvalue weighted by Crippen LogP contribution is 2.16. The minimum Gasteiger partial charge on any atom is -0.379 e. The van der Waals surface area contributed by atoms with E-state index in [1.165, 1.54) is 5.69 Å². The van der Waals surface area contributed by atoms with E-state index in [1.54, 1.807) is 0 Å². The van der Waals surface area contributed by atoms with Crippen molar-refractivity contribution >= 4 is 11.4 Å². The fourth-order valence-corrected chi connectivity index (χ4v) is 1.78. The number of benzene rings is 1. The molecular formula is C15H23N5. The summed E-state index contributed by atoms with van der Waals surface area (Å²) in [7, 11) is 4.07. The highest BCUT2D eigenvalue weighted by molar-refractivity contribution is 5.54. The van der Waals surface area contributed by atoms with Gasteiger partial charge in [-0.2, -0.15) is 0 Å². The molecule has 1 heterocycles. The van der Waals surface area contributed by atoms with Crippen molar-refractivity contribution in [3.63, 3.8) is 0 Å². The van der Waals surface area contributed by atoms with Crippen molar-refractivity contribution in [3.05, 3.63) is 36.2 Å². The van der Waals surface area contributed by atoms with Crippen molar-refractivity contribution in [2.24, 2.45) is 0 Å². The molecule has 1 aromatic heterocycles. The Kier molecular flexibility index (Phi) is 3.97. The van der Waals surface area contributed by atoms with Crippen LogP contribution in [0.2, 0.25) is 0 Å². The van der Waals surface area contributed by atoms with Gasteiger partial charge < -0.3 is 10.2 Å². The first-order valence-corrected chi connectivity index (χ1v) is 6.79. The Labute approximate surface area is 120 Å². The largest absolute Gasteiger partial charge is 0.379 e. The van der Waals surface area contributed by atoms with Crippen LogP contribution in [0.15, 0.2) is 30.5 Å². The number of rotatable bonds is 4. The lowest BCUT2D eigenvalue weighted by molar-refractivity contribution is 0.347. The second-order valence-corrected chi connectivity index (χ2v) is 6.12. The Balaban J connectivity index is 1.96. The molecule has 0 bridgehead atoms. The summed E-state index contributed by atoms with van der Waals surface area (Å²) in [5.74, 6) is 0. The van der Waals surface area contributed by atoms with Crippen LogP contribution in [0.1, 0.15) is 26.5 Å². The fourth-order valence-electron chi connectivity index (χ4n) is 1.78. The van der Waals surface area contributed by atoms with E-state index in [0.717, 1.165) is 11.4 Å². The smallest absolute Gasteiger partial charge is 0.102 e. The average molecular weight is 273 g/mol. The van der Waals surface area contributed by atoms with Crippen LogP contribution in [0.3, 0.4) is 0 Å². The number of hydrogen-bond acceptors (Lipinski definition) is 4. The number of nitrogens with zero attached hydrogens (tertiary/aromatic N) is 4. The van der Waals surface area contributed by atoms with E-state index < -0.39 is 0 Å². The maximum atomic E-state index is 4.19. The predicted octanol–water partition coefficient (Wildman–Crippen LogP) is 2.71. The van der Waals surface area contributed by atoms with Gasteiger partial charge in [0.1, 0.15) is 5.69 Å². The number of aromatic nitrogens is 3. The molecule has 5 nitrogen and oxygen atoms in total. The Hall–Kier alpha value is -2.04. The van der Waals surface area contributed by atoms with Gasteiger partial charge in [0.2, 0.25) is 0 Å². The molecule has 2 rings (SSSR count). The molecule has 108 valence electrons. The van der Waals surface area contributed by atoms with Gasteiger partial charge in [-0.25, -0.2) is 4.68 Å². The Morgan fingerprint density at radius 1 is 1.15 bits per heavy atom. The number of anilines is 2. The molecule has 0 spiro atoms. The second kappa shape index (κ2) is 5.53. The average Bonchev–Trinajstić information content (AvgIpc) is 2.85. The molecule has 20 heavy (non-hydrogen) atoms.